The van der Waals surface area contributed by atoms with Crippen LogP contribution in [-0.2, 0) is 6.42 Å². The zero-order valence-corrected chi connectivity index (χ0v) is 9.59. The molecule has 2 heterocycles. The van der Waals surface area contributed by atoms with E-state index in [0.29, 0.717) is 5.15 Å². The van der Waals surface area contributed by atoms with Crippen LogP contribution in [0.1, 0.15) is 19.5 Å². The van der Waals surface area contributed by atoms with Crippen molar-refractivity contribution >= 4 is 35.0 Å². The monoisotopic (exact) mass is 234 g/mol. The molecule has 0 aromatic carbocycles. The van der Waals surface area contributed by atoms with Crippen molar-refractivity contribution in [3.8, 4) is 0 Å². The summed E-state index contributed by atoms with van der Waals surface area (Å²) in [5.41, 5.74) is 0.972. The molecule has 1 aromatic heterocycles. The lowest BCUT2D eigenvalue weighted by molar-refractivity contribution is 0.707. The summed E-state index contributed by atoms with van der Waals surface area (Å²) in [6, 6.07) is 0. The zero-order chi connectivity index (χ0) is 9.64. The number of halogens is 2. The zero-order valence-electron chi connectivity index (χ0n) is 7.27. The molecular weight excluding hydrogens is 227 g/mol. The predicted molar refractivity (Wildman–Crippen MR) is 55.7 cm³/mol. The summed E-state index contributed by atoms with van der Waals surface area (Å²) >= 11 is 13.4. The highest BCUT2D eigenvalue weighted by atomic mass is 35.5. The van der Waals surface area contributed by atoms with E-state index in [0.717, 1.165) is 17.0 Å². The van der Waals surface area contributed by atoms with Gasteiger partial charge in [-0.1, -0.05) is 11.6 Å². The van der Waals surface area contributed by atoms with Gasteiger partial charge in [-0.25, -0.2) is 9.97 Å². The summed E-state index contributed by atoms with van der Waals surface area (Å²) < 4.78 is 0.158. The first kappa shape index (κ1) is 9.56. The second-order valence-corrected chi connectivity index (χ2v) is 6.01. The fourth-order valence-electron chi connectivity index (χ4n) is 1.37. The van der Waals surface area contributed by atoms with E-state index in [9.17, 15) is 0 Å². The van der Waals surface area contributed by atoms with Crippen LogP contribution < -0.4 is 0 Å². The molecule has 5 heteroatoms. The summed E-state index contributed by atoms with van der Waals surface area (Å²) in [6.07, 6.45) is 0.898. The van der Waals surface area contributed by atoms with Crippen LogP contribution >= 0.6 is 35.0 Å². The molecule has 1 aromatic rings. The standard InChI is InChI=1S/C8H8Cl2N2S/c1-8(2)3-4-5(13-8)6(9)12-7(10)11-4/h3H2,1-2H3. The van der Waals surface area contributed by atoms with Crippen LogP contribution in [0, 0.1) is 0 Å². The molecule has 0 amide bonds. The van der Waals surface area contributed by atoms with Crippen molar-refractivity contribution in [3.05, 3.63) is 16.1 Å². The van der Waals surface area contributed by atoms with E-state index in [1.54, 1.807) is 11.8 Å². The Bertz CT molecular complexity index is 365. The third-order valence-electron chi connectivity index (χ3n) is 1.84. The Morgan fingerprint density at radius 1 is 1.31 bits per heavy atom. The van der Waals surface area contributed by atoms with E-state index in [1.807, 2.05) is 0 Å². The highest BCUT2D eigenvalue weighted by Gasteiger charge is 2.33. The predicted octanol–water partition coefficient (Wildman–Crippen LogP) is 3.21. The van der Waals surface area contributed by atoms with Crippen molar-refractivity contribution in [2.45, 2.75) is 29.9 Å². The molecule has 0 unspecified atom stereocenters. The molecule has 13 heavy (non-hydrogen) atoms. The molecule has 70 valence electrons. The molecule has 1 aliphatic rings. The van der Waals surface area contributed by atoms with Crippen LogP contribution in [0.25, 0.3) is 0 Å². The van der Waals surface area contributed by atoms with E-state index >= 15 is 0 Å². The van der Waals surface area contributed by atoms with E-state index in [1.165, 1.54) is 0 Å². The molecule has 0 fully saturated rings. The number of hydrogen-bond donors (Lipinski definition) is 0. The van der Waals surface area contributed by atoms with Gasteiger partial charge in [-0.3, -0.25) is 0 Å². The topological polar surface area (TPSA) is 25.8 Å². The molecule has 0 N–H and O–H groups in total. The third-order valence-corrected chi connectivity index (χ3v) is 3.72. The van der Waals surface area contributed by atoms with Crippen molar-refractivity contribution in [2.24, 2.45) is 0 Å². The minimum absolute atomic E-state index is 0.158. The van der Waals surface area contributed by atoms with Gasteiger partial charge in [-0.05, 0) is 25.4 Å². The van der Waals surface area contributed by atoms with Gasteiger partial charge >= 0.3 is 0 Å². The average Bonchev–Trinajstić information content (AvgIpc) is 2.23. The Morgan fingerprint density at radius 3 is 2.69 bits per heavy atom. The maximum atomic E-state index is 5.95. The SMILES string of the molecule is CC1(C)Cc2nc(Cl)nc(Cl)c2S1. The molecule has 0 aliphatic carbocycles. The number of fused-ring (bicyclic) bond motifs is 1. The van der Waals surface area contributed by atoms with E-state index in [4.69, 9.17) is 23.2 Å². The molecule has 1 aliphatic heterocycles. The first-order chi connectivity index (χ1) is 5.98. The van der Waals surface area contributed by atoms with Gasteiger partial charge in [0.05, 0.1) is 10.6 Å². The number of rotatable bonds is 0. The van der Waals surface area contributed by atoms with Gasteiger partial charge in [0.15, 0.2) is 0 Å². The van der Waals surface area contributed by atoms with E-state index in [-0.39, 0.29) is 10.0 Å². The highest BCUT2D eigenvalue weighted by Crippen LogP contribution is 2.46. The van der Waals surface area contributed by atoms with Crippen molar-refractivity contribution in [2.75, 3.05) is 0 Å². The molecule has 0 saturated heterocycles. The first-order valence-corrected chi connectivity index (χ1v) is 5.46. The van der Waals surface area contributed by atoms with Crippen LogP contribution in [0.15, 0.2) is 4.90 Å². The summed E-state index contributed by atoms with van der Waals surface area (Å²) in [5, 5.41) is 0.715. The van der Waals surface area contributed by atoms with Gasteiger partial charge in [0.2, 0.25) is 5.28 Å². The fourth-order valence-corrected chi connectivity index (χ4v) is 3.04. The number of thioether (sulfide) groups is 1. The Morgan fingerprint density at radius 2 is 2.00 bits per heavy atom. The van der Waals surface area contributed by atoms with Gasteiger partial charge in [0, 0.05) is 11.2 Å². The smallest absolute Gasteiger partial charge is 0.222 e. The van der Waals surface area contributed by atoms with Crippen LogP contribution in [0.5, 0.6) is 0 Å². The third kappa shape index (κ3) is 1.78. The first-order valence-electron chi connectivity index (χ1n) is 3.89. The van der Waals surface area contributed by atoms with Crippen molar-refractivity contribution < 1.29 is 0 Å². The van der Waals surface area contributed by atoms with Gasteiger partial charge < -0.3 is 0 Å². The lowest BCUT2D eigenvalue weighted by Gasteiger charge is -2.13. The molecule has 0 saturated carbocycles. The summed E-state index contributed by atoms with van der Waals surface area (Å²) in [7, 11) is 0. The number of nitrogens with zero attached hydrogens (tertiary/aromatic N) is 2. The van der Waals surface area contributed by atoms with Gasteiger partial charge in [0.1, 0.15) is 5.15 Å². The van der Waals surface area contributed by atoms with Crippen LogP contribution in [-0.4, -0.2) is 14.7 Å². The molecule has 0 atom stereocenters. The van der Waals surface area contributed by atoms with E-state index in [2.05, 4.69) is 23.8 Å². The van der Waals surface area contributed by atoms with Crippen molar-refractivity contribution in [3.63, 3.8) is 0 Å². The Labute approximate surface area is 91.1 Å². The minimum atomic E-state index is 0.158. The minimum Gasteiger partial charge on any atom is -0.222 e. The Balaban J connectivity index is 2.52. The molecule has 2 nitrogen and oxygen atoms in total. The molecule has 2 rings (SSSR count). The second-order valence-electron chi connectivity index (χ2n) is 3.60. The van der Waals surface area contributed by atoms with Crippen LogP contribution in [0.3, 0.4) is 0 Å². The quantitative estimate of drug-likeness (QED) is 0.510. The van der Waals surface area contributed by atoms with Gasteiger partial charge in [0.25, 0.3) is 0 Å². The van der Waals surface area contributed by atoms with Gasteiger partial charge in [-0.15, -0.1) is 11.8 Å². The Hall–Kier alpha value is 0.01000. The second kappa shape index (κ2) is 3.01. The van der Waals surface area contributed by atoms with Crippen LogP contribution in [0.4, 0.5) is 0 Å². The Kier molecular flexibility index (Phi) is 2.21. The lowest BCUT2D eigenvalue weighted by atomic mass is 10.1. The number of hydrogen-bond acceptors (Lipinski definition) is 3. The molecule has 0 bridgehead atoms. The highest BCUT2D eigenvalue weighted by molar-refractivity contribution is 8.01. The molecular formula is C8H8Cl2N2S. The summed E-state index contributed by atoms with van der Waals surface area (Å²) in [6.45, 7) is 4.31. The molecule has 0 spiro atoms. The largest absolute Gasteiger partial charge is 0.224 e. The van der Waals surface area contributed by atoms with Crippen molar-refractivity contribution in [1.29, 1.82) is 0 Å². The fraction of sp³-hybridized carbons (Fsp3) is 0.500. The maximum Gasteiger partial charge on any atom is 0.224 e. The van der Waals surface area contributed by atoms with E-state index < -0.39 is 0 Å². The summed E-state index contributed by atoms with van der Waals surface area (Å²) in [5.74, 6) is 0. The normalized spacial score (nSPS) is 18.8. The lowest BCUT2D eigenvalue weighted by Crippen LogP contribution is -2.12. The van der Waals surface area contributed by atoms with Crippen LogP contribution in [0.2, 0.25) is 10.4 Å². The summed E-state index contributed by atoms with van der Waals surface area (Å²) in [4.78, 5) is 9.05. The van der Waals surface area contributed by atoms with Gasteiger partial charge in [-0.2, -0.15) is 0 Å². The number of aromatic nitrogens is 2. The average molecular weight is 235 g/mol. The maximum absolute atomic E-state index is 5.95. The molecule has 0 radical (unpaired) electrons. The van der Waals surface area contributed by atoms with Crippen molar-refractivity contribution in [1.82, 2.24) is 9.97 Å².